The predicted molar refractivity (Wildman–Crippen MR) is 111 cm³/mol. The molecule has 0 unspecified atom stereocenters. The summed E-state index contributed by atoms with van der Waals surface area (Å²) in [6.07, 6.45) is 7.07. The van der Waals surface area contributed by atoms with Crippen molar-refractivity contribution in [2.75, 3.05) is 17.3 Å². The number of anilines is 1. The normalized spacial score (nSPS) is 13.5. The molecule has 27 heavy (non-hydrogen) atoms. The van der Waals surface area contributed by atoms with E-state index in [0.29, 0.717) is 10.3 Å². The van der Waals surface area contributed by atoms with Crippen LogP contribution < -0.4 is 5.32 Å². The zero-order valence-electron chi connectivity index (χ0n) is 14.3. The molecule has 0 radical (unpaired) electrons. The number of fused-ring (bicyclic) bond motifs is 5. The van der Waals surface area contributed by atoms with Gasteiger partial charge in [0.2, 0.25) is 5.91 Å². The Morgan fingerprint density at radius 1 is 1.33 bits per heavy atom. The van der Waals surface area contributed by atoms with Crippen LogP contribution in [0.3, 0.4) is 0 Å². The summed E-state index contributed by atoms with van der Waals surface area (Å²) in [5, 5.41) is 16.7. The van der Waals surface area contributed by atoms with E-state index in [2.05, 4.69) is 20.5 Å². The molecule has 5 rings (SSSR count). The summed E-state index contributed by atoms with van der Waals surface area (Å²) in [7, 11) is 0. The number of amides is 1. The van der Waals surface area contributed by atoms with Gasteiger partial charge < -0.3 is 5.32 Å². The van der Waals surface area contributed by atoms with Gasteiger partial charge in [0.1, 0.15) is 4.83 Å². The van der Waals surface area contributed by atoms with E-state index in [1.165, 1.54) is 40.0 Å². The highest BCUT2D eigenvalue weighted by Crippen LogP contribution is 2.40. The minimum atomic E-state index is -0.108. The Kier molecular flexibility index (Phi) is 4.54. The molecule has 1 aliphatic rings. The fraction of sp³-hybridized carbons (Fsp3) is 0.312. The van der Waals surface area contributed by atoms with Crippen LogP contribution in [0, 0.1) is 0 Å². The summed E-state index contributed by atoms with van der Waals surface area (Å²) >= 11 is 6.11. The number of thiophene rings is 1. The Balaban J connectivity index is 1.49. The molecule has 0 saturated carbocycles. The third-order valence-electron chi connectivity index (χ3n) is 4.34. The number of nitrogens with one attached hydrogen (secondary N) is 1. The molecule has 0 aromatic carbocycles. The molecule has 4 heterocycles. The van der Waals surface area contributed by atoms with Crippen molar-refractivity contribution in [2.24, 2.45) is 0 Å². The van der Waals surface area contributed by atoms with Crippen LogP contribution in [0.4, 0.5) is 5.13 Å². The highest BCUT2D eigenvalue weighted by molar-refractivity contribution is 8.00. The van der Waals surface area contributed by atoms with Gasteiger partial charge in [0.05, 0.1) is 11.1 Å². The summed E-state index contributed by atoms with van der Waals surface area (Å²) < 4.78 is 1.99. The lowest BCUT2D eigenvalue weighted by Crippen LogP contribution is -2.14. The van der Waals surface area contributed by atoms with Gasteiger partial charge in [-0.05, 0) is 31.1 Å². The molecule has 1 amide bonds. The van der Waals surface area contributed by atoms with E-state index in [1.54, 1.807) is 29.3 Å². The zero-order valence-corrected chi connectivity index (χ0v) is 17.5. The van der Waals surface area contributed by atoms with Crippen molar-refractivity contribution < 1.29 is 4.79 Å². The molecule has 0 spiro atoms. The SMILES string of the molecule is CSc1nc2sc3c(c2c2nnc(SCC(=O)Nc4nccs4)n12)CCC3. The number of aryl methyl sites for hydroxylation is 2. The van der Waals surface area contributed by atoms with Crippen molar-refractivity contribution in [2.45, 2.75) is 29.6 Å². The number of rotatable bonds is 5. The first-order valence-electron chi connectivity index (χ1n) is 8.30. The van der Waals surface area contributed by atoms with Crippen LogP contribution in [-0.2, 0) is 17.6 Å². The van der Waals surface area contributed by atoms with Crippen molar-refractivity contribution >= 4 is 73.1 Å². The minimum absolute atomic E-state index is 0.108. The number of hydrogen-bond acceptors (Lipinski definition) is 9. The number of thiazole rings is 1. The molecule has 11 heteroatoms. The summed E-state index contributed by atoms with van der Waals surface area (Å²) in [4.78, 5) is 23.6. The van der Waals surface area contributed by atoms with Crippen LogP contribution in [-0.4, -0.2) is 42.5 Å². The van der Waals surface area contributed by atoms with Gasteiger partial charge in [-0.1, -0.05) is 23.5 Å². The second-order valence-electron chi connectivity index (χ2n) is 5.95. The Morgan fingerprint density at radius 3 is 3.07 bits per heavy atom. The van der Waals surface area contributed by atoms with E-state index >= 15 is 0 Å². The van der Waals surface area contributed by atoms with Gasteiger partial charge in [0.25, 0.3) is 0 Å². The second kappa shape index (κ2) is 7.04. The molecule has 1 N–H and O–H groups in total. The summed E-state index contributed by atoms with van der Waals surface area (Å²) in [6.45, 7) is 0. The van der Waals surface area contributed by atoms with Gasteiger partial charge in [-0.3, -0.25) is 4.79 Å². The molecule has 0 aliphatic heterocycles. The topological polar surface area (TPSA) is 85.1 Å². The van der Waals surface area contributed by atoms with Crippen LogP contribution in [0.25, 0.3) is 15.9 Å². The summed E-state index contributed by atoms with van der Waals surface area (Å²) in [5.74, 6) is 0.136. The highest BCUT2D eigenvalue weighted by Gasteiger charge is 2.24. The van der Waals surface area contributed by atoms with E-state index in [0.717, 1.165) is 33.9 Å². The zero-order chi connectivity index (χ0) is 18.4. The molecule has 1 aliphatic carbocycles. The molecule has 0 saturated heterocycles. The molecular formula is C16H14N6OS4. The third-order valence-corrected chi connectivity index (χ3v) is 7.78. The fourth-order valence-electron chi connectivity index (χ4n) is 3.24. The van der Waals surface area contributed by atoms with Gasteiger partial charge in [0.15, 0.2) is 21.1 Å². The molecular weight excluding hydrogens is 420 g/mol. The van der Waals surface area contributed by atoms with Crippen molar-refractivity contribution in [3.05, 3.63) is 22.0 Å². The number of carbonyl (C=O) groups excluding carboxylic acids is 1. The molecule has 138 valence electrons. The largest absolute Gasteiger partial charge is 0.301 e. The first kappa shape index (κ1) is 17.4. The van der Waals surface area contributed by atoms with Crippen molar-refractivity contribution in [1.29, 1.82) is 0 Å². The fourth-order valence-corrected chi connectivity index (χ4v) is 6.43. The van der Waals surface area contributed by atoms with Crippen LogP contribution in [0.2, 0.25) is 0 Å². The first-order chi connectivity index (χ1) is 13.2. The average molecular weight is 435 g/mol. The molecule has 4 aromatic rings. The van der Waals surface area contributed by atoms with Crippen molar-refractivity contribution in [3.63, 3.8) is 0 Å². The summed E-state index contributed by atoms with van der Waals surface area (Å²) in [5.41, 5.74) is 2.23. The standard InChI is InChI=1S/C16H14N6OS4/c1-24-15-19-13-11(8-3-2-4-9(8)27-13)12-20-21-16(22(12)15)26-7-10(23)18-14-17-5-6-25-14/h5-6H,2-4,7H2,1H3,(H,17,18,23). The Hall–Kier alpha value is -1.69. The maximum absolute atomic E-state index is 12.2. The quantitative estimate of drug-likeness (QED) is 0.378. The smallest absolute Gasteiger partial charge is 0.236 e. The molecule has 0 atom stereocenters. The van der Waals surface area contributed by atoms with Gasteiger partial charge >= 0.3 is 0 Å². The monoisotopic (exact) mass is 434 g/mol. The highest BCUT2D eigenvalue weighted by atomic mass is 32.2. The lowest BCUT2D eigenvalue weighted by molar-refractivity contribution is -0.113. The second-order valence-corrected chi connectivity index (χ2v) is 9.65. The van der Waals surface area contributed by atoms with E-state index in [4.69, 9.17) is 4.98 Å². The Labute approximate surface area is 171 Å². The predicted octanol–water partition coefficient (Wildman–Crippen LogP) is 3.74. The van der Waals surface area contributed by atoms with Gasteiger partial charge in [-0.15, -0.1) is 32.9 Å². The van der Waals surface area contributed by atoms with E-state index in [1.807, 2.05) is 16.0 Å². The van der Waals surface area contributed by atoms with E-state index in [9.17, 15) is 4.79 Å². The minimum Gasteiger partial charge on any atom is -0.301 e. The van der Waals surface area contributed by atoms with Crippen molar-refractivity contribution in [3.8, 4) is 0 Å². The molecule has 7 nitrogen and oxygen atoms in total. The number of thioether (sulfide) groups is 2. The number of carbonyl (C=O) groups is 1. The van der Waals surface area contributed by atoms with E-state index < -0.39 is 0 Å². The third kappa shape index (κ3) is 3.02. The maximum atomic E-state index is 12.2. The number of nitrogens with zero attached hydrogens (tertiary/aromatic N) is 5. The lowest BCUT2D eigenvalue weighted by atomic mass is 10.2. The maximum Gasteiger partial charge on any atom is 0.236 e. The van der Waals surface area contributed by atoms with Crippen LogP contribution in [0.1, 0.15) is 16.9 Å². The average Bonchev–Trinajstić information content (AvgIpc) is 3.42. The molecule has 0 fully saturated rings. The van der Waals surface area contributed by atoms with Crippen LogP contribution in [0.5, 0.6) is 0 Å². The Morgan fingerprint density at radius 2 is 2.26 bits per heavy atom. The Bertz CT molecular complexity index is 1150. The first-order valence-corrected chi connectivity index (χ1v) is 12.2. The summed E-state index contributed by atoms with van der Waals surface area (Å²) in [6, 6.07) is 0. The van der Waals surface area contributed by atoms with Crippen LogP contribution >= 0.6 is 46.2 Å². The van der Waals surface area contributed by atoms with Gasteiger partial charge in [-0.25, -0.2) is 14.4 Å². The van der Waals surface area contributed by atoms with Crippen LogP contribution in [0.15, 0.2) is 21.9 Å². The number of hydrogen-bond donors (Lipinski definition) is 1. The van der Waals surface area contributed by atoms with E-state index in [-0.39, 0.29) is 11.7 Å². The lowest BCUT2D eigenvalue weighted by Gasteiger charge is -2.06. The number of aromatic nitrogens is 5. The van der Waals surface area contributed by atoms with Gasteiger partial charge in [0, 0.05) is 16.5 Å². The molecule has 4 aromatic heterocycles. The molecule has 0 bridgehead atoms. The van der Waals surface area contributed by atoms with Crippen molar-refractivity contribution in [1.82, 2.24) is 24.6 Å². The van der Waals surface area contributed by atoms with Gasteiger partial charge in [-0.2, -0.15) is 0 Å².